The minimum absolute atomic E-state index is 0.0428. The van der Waals surface area contributed by atoms with Crippen LogP contribution in [0.15, 0.2) is 91.0 Å². The third-order valence-corrected chi connectivity index (χ3v) is 6.34. The van der Waals surface area contributed by atoms with Crippen molar-refractivity contribution < 1.29 is 19.2 Å². The van der Waals surface area contributed by atoms with Gasteiger partial charge >= 0.3 is 0 Å². The predicted molar refractivity (Wildman–Crippen MR) is 141 cm³/mol. The van der Waals surface area contributed by atoms with E-state index in [1.54, 1.807) is 31.1 Å². The second-order valence-corrected chi connectivity index (χ2v) is 8.67. The van der Waals surface area contributed by atoms with Crippen LogP contribution in [-0.2, 0) is 6.61 Å². The molecule has 4 aromatic carbocycles. The Labute approximate surface area is 214 Å². The van der Waals surface area contributed by atoms with E-state index < -0.39 is 11.1 Å². The maximum absolute atomic E-state index is 13.6. The van der Waals surface area contributed by atoms with Gasteiger partial charge in [-0.2, -0.15) is 0 Å². The number of rotatable bonds is 7. The Morgan fingerprint density at radius 1 is 0.973 bits per heavy atom. The fourth-order valence-corrected chi connectivity index (χ4v) is 4.51. The number of aryl methyl sites for hydroxylation is 1. The largest absolute Gasteiger partial charge is 0.496 e. The van der Waals surface area contributed by atoms with Crippen molar-refractivity contribution in [2.75, 3.05) is 17.3 Å². The molecule has 0 fully saturated rings. The van der Waals surface area contributed by atoms with Crippen LogP contribution >= 0.6 is 0 Å². The molecule has 1 atom stereocenters. The number of anilines is 2. The van der Waals surface area contributed by atoms with E-state index in [2.05, 4.69) is 5.32 Å². The summed E-state index contributed by atoms with van der Waals surface area (Å²) >= 11 is 0. The van der Waals surface area contributed by atoms with Gasteiger partial charge < -0.3 is 14.8 Å². The second kappa shape index (κ2) is 10.0. The van der Waals surface area contributed by atoms with Gasteiger partial charge in [-0.1, -0.05) is 36.4 Å². The Kier molecular flexibility index (Phi) is 6.47. The lowest BCUT2D eigenvalue weighted by Crippen LogP contribution is -2.43. The van der Waals surface area contributed by atoms with Crippen molar-refractivity contribution in [2.45, 2.75) is 19.7 Å². The summed E-state index contributed by atoms with van der Waals surface area (Å²) in [6.07, 6.45) is -0.462. The van der Waals surface area contributed by atoms with E-state index in [1.165, 1.54) is 6.07 Å². The molecule has 1 aliphatic heterocycles. The lowest BCUT2D eigenvalue weighted by atomic mass is 10.0. The van der Waals surface area contributed by atoms with Gasteiger partial charge in [-0.05, 0) is 61.0 Å². The lowest BCUT2D eigenvalue weighted by Gasteiger charge is -2.38. The number of nitro groups is 1. The standard InChI is InChI=1S/C29H25N3O5/c1-19-16-23(13-14-26(19)32(34)35)37-18-21-17-20(12-15-27(21)36-2)28-30-25-11-7-6-10-24(25)29(33)31(28)22-8-4-3-5-9-22/h3-17,28,30H,18H2,1-2H3. The quantitative estimate of drug-likeness (QED) is 0.240. The number of carbonyl (C=O) groups is 1. The van der Waals surface area contributed by atoms with Gasteiger partial charge in [0.25, 0.3) is 11.6 Å². The predicted octanol–water partition coefficient (Wildman–Crippen LogP) is 6.26. The van der Waals surface area contributed by atoms with E-state index in [9.17, 15) is 14.9 Å². The first kappa shape index (κ1) is 23.9. The molecule has 1 unspecified atom stereocenters. The summed E-state index contributed by atoms with van der Waals surface area (Å²) in [6.45, 7) is 1.85. The van der Waals surface area contributed by atoms with Crippen LogP contribution in [0, 0.1) is 17.0 Å². The number of hydrogen-bond donors (Lipinski definition) is 1. The number of ether oxygens (including phenoxy) is 2. The summed E-state index contributed by atoms with van der Waals surface area (Å²) in [6, 6.07) is 27.4. The average Bonchev–Trinajstić information content (AvgIpc) is 2.92. The molecule has 0 saturated heterocycles. The van der Waals surface area contributed by atoms with Crippen LogP contribution in [0.4, 0.5) is 17.1 Å². The van der Waals surface area contributed by atoms with E-state index in [0.717, 1.165) is 22.5 Å². The van der Waals surface area contributed by atoms with Crippen LogP contribution in [0.25, 0.3) is 0 Å². The number of para-hydroxylation sites is 2. The number of benzene rings is 4. The van der Waals surface area contributed by atoms with Crippen molar-refractivity contribution >= 4 is 23.0 Å². The molecule has 8 nitrogen and oxygen atoms in total. The van der Waals surface area contributed by atoms with Crippen LogP contribution in [0.2, 0.25) is 0 Å². The van der Waals surface area contributed by atoms with Gasteiger partial charge in [0.15, 0.2) is 0 Å². The molecule has 0 aromatic heterocycles. The molecule has 186 valence electrons. The zero-order valence-electron chi connectivity index (χ0n) is 20.4. The summed E-state index contributed by atoms with van der Waals surface area (Å²) < 4.78 is 11.5. The molecule has 5 rings (SSSR count). The third-order valence-electron chi connectivity index (χ3n) is 6.34. The van der Waals surface area contributed by atoms with E-state index in [1.807, 2.05) is 72.8 Å². The molecule has 1 N–H and O–H groups in total. The highest BCUT2D eigenvalue weighted by atomic mass is 16.6. The smallest absolute Gasteiger partial charge is 0.272 e. The van der Waals surface area contributed by atoms with E-state index in [4.69, 9.17) is 9.47 Å². The SMILES string of the molecule is COc1ccc(C2Nc3ccccc3C(=O)N2c2ccccc2)cc1COc1ccc([N+](=O)[O-])c(C)c1. The second-order valence-electron chi connectivity index (χ2n) is 8.67. The Bertz CT molecular complexity index is 1470. The summed E-state index contributed by atoms with van der Waals surface area (Å²) in [5.41, 5.74) is 4.33. The van der Waals surface area contributed by atoms with Crippen LogP contribution in [0.5, 0.6) is 11.5 Å². The number of methoxy groups -OCH3 is 1. The molecule has 4 aromatic rings. The van der Waals surface area contributed by atoms with E-state index in [0.29, 0.717) is 22.6 Å². The van der Waals surface area contributed by atoms with Crippen molar-refractivity contribution in [1.29, 1.82) is 0 Å². The highest BCUT2D eigenvalue weighted by molar-refractivity contribution is 6.12. The van der Waals surface area contributed by atoms with Crippen molar-refractivity contribution in [3.63, 3.8) is 0 Å². The van der Waals surface area contributed by atoms with E-state index in [-0.39, 0.29) is 18.2 Å². The number of carbonyl (C=O) groups excluding carboxylic acids is 1. The maximum atomic E-state index is 13.6. The summed E-state index contributed by atoms with van der Waals surface area (Å²) in [4.78, 5) is 26.1. The summed E-state index contributed by atoms with van der Waals surface area (Å²) in [5, 5.41) is 14.6. The third kappa shape index (κ3) is 4.69. The van der Waals surface area contributed by atoms with Crippen LogP contribution in [0.1, 0.15) is 33.2 Å². The van der Waals surface area contributed by atoms with Gasteiger partial charge in [-0.3, -0.25) is 19.8 Å². The Hall–Kier alpha value is -4.85. The van der Waals surface area contributed by atoms with Gasteiger partial charge in [0, 0.05) is 28.6 Å². The van der Waals surface area contributed by atoms with Gasteiger partial charge in [0.2, 0.25) is 0 Å². The molecule has 0 aliphatic carbocycles. The van der Waals surface area contributed by atoms with Gasteiger partial charge in [0.05, 0.1) is 17.6 Å². The zero-order chi connectivity index (χ0) is 25.9. The molecule has 37 heavy (non-hydrogen) atoms. The normalized spacial score (nSPS) is 14.5. The molecule has 8 heteroatoms. The summed E-state index contributed by atoms with van der Waals surface area (Å²) in [5.74, 6) is 1.05. The first-order valence-electron chi connectivity index (χ1n) is 11.7. The minimum Gasteiger partial charge on any atom is -0.496 e. The number of hydrogen-bond acceptors (Lipinski definition) is 6. The molecular weight excluding hydrogens is 470 g/mol. The number of nitrogens with one attached hydrogen (secondary N) is 1. The van der Waals surface area contributed by atoms with Gasteiger partial charge in [-0.25, -0.2) is 0 Å². The Morgan fingerprint density at radius 2 is 1.73 bits per heavy atom. The topological polar surface area (TPSA) is 93.9 Å². The molecular formula is C29H25N3O5. The molecule has 0 radical (unpaired) electrons. The highest BCUT2D eigenvalue weighted by Crippen LogP contribution is 2.38. The fraction of sp³-hybridized carbons (Fsp3) is 0.138. The van der Waals surface area contributed by atoms with Crippen molar-refractivity contribution in [3.05, 3.63) is 123 Å². The molecule has 1 amide bonds. The van der Waals surface area contributed by atoms with Crippen LogP contribution in [-0.4, -0.2) is 17.9 Å². The monoisotopic (exact) mass is 495 g/mol. The maximum Gasteiger partial charge on any atom is 0.272 e. The van der Waals surface area contributed by atoms with Gasteiger partial charge in [-0.15, -0.1) is 0 Å². The van der Waals surface area contributed by atoms with Crippen LogP contribution < -0.4 is 19.7 Å². The first-order valence-corrected chi connectivity index (χ1v) is 11.7. The lowest BCUT2D eigenvalue weighted by molar-refractivity contribution is -0.385. The average molecular weight is 496 g/mol. The molecule has 1 aliphatic rings. The number of fused-ring (bicyclic) bond motifs is 1. The Morgan fingerprint density at radius 3 is 2.46 bits per heavy atom. The highest BCUT2D eigenvalue weighted by Gasteiger charge is 2.34. The fourth-order valence-electron chi connectivity index (χ4n) is 4.51. The minimum atomic E-state index is -0.462. The Balaban J connectivity index is 1.49. The van der Waals surface area contributed by atoms with Gasteiger partial charge in [0.1, 0.15) is 24.3 Å². The zero-order valence-corrected chi connectivity index (χ0v) is 20.4. The van der Waals surface area contributed by atoms with Crippen molar-refractivity contribution in [1.82, 2.24) is 0 Å². The van der Waals surface area contributed by atoms with Crippen molar-refractivity contribution in [2.24, 2.45) is 0 Å². The van der Waals surface area contributed by atoms with Crippen LogP contribution in [0.3, 0.4) is 0 Å². The number of amides is 1. The first-order chi connectivity index (χ1) is 18.0. The molecule has 0 saturated carbocycles. The number of nitro benzene ring substituents is 1. The van der Waals surface area contributed by atoms with E-state index >= 15 is 0 Å². The number of nitrogens with zero attached hydrogens (tertiary/aromatic N) is 2. The molecule has 0 spiro atoms. The molecule has 0 bridgehead atoms. The van der Waals surface area contributed by atoms with Crippen molar-refractivity contribution in [3.8, 4) is 11.5 Å². The molecule has 1 heterocycles. The summed E-state index contributed by atoms with van der Waals surface area (Å²) in [7, 11) is 1.59.